The molecule has 0 unspecified atom stereocenters. The van der Waals surface area contributed by atoms with Crippen molar-refractivity contribution < 1.29 is 18.9 Å². The molecule has 0 fully saturated rings. The topological polar surface area (TPSA) is 55.4 Å². The van der Waals surface area contributed by atoms with Crippen molar-refractivity contribution in [2.24, 2.45) is 0 Å². The van der Waals surface area contributed by atoms with Gasteiger partial charge in [-0.25, -0.2) is 0 Å². The maximum absolute atomic E-state index is 5.91. The molecule has 0 aromatic heterocycles. The fraction of sp³-hybridized carbons (Fsp3) is 0.464. The summed E-state index contributed by atoms with van der Waals surface area (Å²) in [4.78, 5) is 4.21. The zero-order valence-electron chi connectivity index (χ0n) is 22.3. The van der Waals surface area contributed by atoms with Gasteiger partial charge < -0.3 is 34.1 Å². The maximum atomic E-state index is 5.91. The van der Waals surface area contributed by atoms with Crippen molar-refractivity contribution in [3.8, 4) is 23.0 Å². The van der Waals surface area contributed by atoms with E-state index in [0.29, 0.717) is 28.9 Å². The number of hydrogen-bond donors (Lipinski definition) is 1. The zero-order chi connectivity index (χ0) is 26.3. The van der Waals surface area contributed by atoms with Crippen LogP contribution in [0.4, 0.5) is 5.69 Å². The van der Waals surface area contributed by atoms with E-state index in [-0.39, 0.29) is 0 Å². The van der Waals surface area contributed by atoms with Crippen LogP contribution < -0.4 is 29.2 Å². The number of unbranched alkanes of at least 4 members (excludes halogenated alkanes) is 3. The third kappa shape index (κ3) is 8.91. The predicted molar refractivity (Wildman–Crippen MR) is 152 cm³/mol. The van der Waals surface area contributed by atoms with Gasteiger partial charge in [-0.15, -0.1) is 6.58 Å². The summed E-state index contributed by atoms with van der Waals surface area (Å²) >= 11 is 5.61. The van der Waals surface area contributed by atoms with Crippen LogP contribution in [0.3, 0.4) is 0 Å². The normalized spacial score (nSPS) is 10.6. The van der Waals surface area contributed by atoms with Gasteiger partial charge in [0, 0.05) is 31.4 Å². The highest BCUT2D eigenvalue weighted by Gasteiger charge is 2.16. The largest absolute Gasteiger partial charge is 0.494 e. The first kappa shape index (κ1) is 29.3. The summed E-state index contributed by atoms with van der Waals surface area (Å²) in [5, 5.41) is 3.89. The smallest absolute Gasteiger partial charge is 0.203 e. The minimum atomic E-state index is 0.485. The van der Waals surface area contributed by atoms with Gasteiger partial charge in [0.05, 0.1) is 27.9 Å². The molecule has 0 aliphatic heterocycles. The first-order valence-corrected chi connectivity index (χ1v) is 12.7. The number of likely N-dealkylation sites (N-methyl/N-ethyl adjacent to an activating group) is 1. The lowest BCUT2D eigenvalue weighted by Gasteiger charge is -2.22. The lowest BCUT2D eigenvalue weighted by molar-refractivity contribution is 0.300. The van der Waals surface area contributed by atoms with Gasteiger partial charge in [-0.3, -0.25) is 0 Å². The van der Waals surface area contributed by atoms with Gasteiger partial charge in [-0.05, 0) is 75.1 Å². The Kier molecular flexibility index (Phi) is 12.9. The van der Waals surface area contributed by atoms with Crippen molar-refractivity contribution >= 4 is 23.0 Å². The highest BCUT2D eigenvalue weighted by atomic mass is 32.1. The van der Waals surface area contributed by atoms with Crippen LogP contribution in [0.1, 0.15) is 31.2 Å². The molecule has 0 spiro atoms. The molecular formula is C28H41N3O4S. The van der Waals surface area contributed by atoms with E-state index in [2.05, 4.69) is 23.8 Å². The second-order valence-corrected chi connectivity index (χ2v) is 8.91. The summed E-state index contributed by atoms with van der Waals surface area (Å²) in [5.74, 6) is 2.67. The second-order valence-electron chi connectivity index (χ2n) is 8.52. The number of thiocarbonyl (C=S) groups is 1. The van der Waals surface area contributed by atoms with Crippen molar-refractivity contribution in [1.82, 2.24) is 10.2 Å². The van der Waals surface area contributed by atoms with Crippen LogP contribution in [0.2, 0.25) is 0 Å². The van der Waals surface area contributed by atoms with Crippen LogP contribution in [0.5, 0.6) is 23.0 Å². The van der Waals surface area contributed by atoms with E-state index in [0.717, 1.165) is 43.1 Å². The van der Waals surface area contributed by atoms with Crippen LogP contribution in [0.15, 0.2) is 49.1 Å². The van der Waals surface area contributed by atoms with E-state index < -0.39 is 0 Å². The van der Waals surface area contributed by atoms with Crippen molar-refractivity contribution in [3.05, 3.63) is 54.6 Å². The minimum Gasteiger partial charge on any atom is -0.494 e. The molecule has 36 heavy (non-hydrogen) atoms. The lowest BCUT2D eigenvalue weighted by Crippen LogP contribution is -2.36. The Morgan fingerprint density at radius 1 is 0.917 bits per heavy atom. The van der Waals surface area contributed by atoms with Crippen LogP contribution in [-0.4, -0.2) is 65.1 Å². The molecule has 0 saturated carbocycles. The third-order valence-electron chi connectivity index (χ3n) is 5.89. The molecule has 2 aromatic carbocycles. The van der Waals surface area contributed by atoms with E-state index in [9.17, 15) is 0 Å². The molecule has 198 valence electrons. The average Bonchev–Trinajstić information content (AvgIpc) is 2.90. The van der Waals surface area contributed by atoms with Gasteiger partial charge in [-0.2, -0.15) is 0 Å². The molecular weight excluding hydrogens is 474 g/mol. The Labute approximate surface area is 222 Å². The van der Waals surface area contributed by atoms with Gasteiger partial charge in [0.15, 0.2) is 16.6 Å². The van der Waals surface area contributed by atoms with E-state index in [4.69, 9.17) is 31.2 Å². The van der Waals surface area contributed by atoms with Gasteiger partial charge in [-0.1, -0.05) is 18.9 Å². The standard InChI is InChI=1S/C28H41N3O4S/c1-7-18-30(2)19-10-8-9-11-20-35-24-15-13-23(14-16-24)31(3)28(36)29-21-22-12-17-25(32-4)27(34-6)26(22)33-5/h7,12-17H,1,8-11,18-21H2,2-6H3,(H,29,36). The number of benzene rings is 2. The molecule has 0 radical (unpaired) electrons. The Morgan fingerprint density at radius 2 is 1.61 bits per heavy atom. The predicted octanol–water partition coefficient (Wildman–Crippen LogP) is 5.28. The SMILES string of the molecule is C=CCN(C)CCCCCCOc1ccc(N(C)C(=S)NCc2ccc(OC)c(OC)c2OC)cc1. The van der Waals surface area contributed by atoms with Crippen LogP contribution in [0, 0.1) is 0 Å². The average molecular weight is 516 g/mol. The second kappa shape index (κ2) is 15.9. The number of anilines is 1. The monoisotopic (exact) mass is 515 g/mol. The van der Waals surface area contributed by atoms with Crippen LogP contribution in [0.25, 0.3) is 0 Å². The Balaban J connectivity index is 1.78. The number of hydrogen-bond acceptors (Lipinski definition) is 6. The molecule has 0 heterocycles. The van der Waals surface area contributed by atoms with E-state index >= 15 is 0 Å². The number of rotatable bonds is 16. The summed E-state index contributed by atoms with van der Waals surface area (Å²) in [7, 11) is 8.87. The molecule has 0 bridgehead atoms. The van der Waals surface area contributed by atoms with Gasteiger partial charge >= 0.3 is 0 Å². The highest BCUT2D eigenvalue weighted by Crippen LogP contribution is 2.39. The molecule has 7 nitrogen and oxygen atoms in total. The molecule has 2 rings (SSSR count). The number of ether oxygens (including phenoxy) is 4. The first-order chi connectivity index (χ1) is 17.4. The lowest BCUT2D eigenvalue weighted by atomic mass is 10.1. The quantitative estimate of drug-likeness (QED) is 0.184. The molecule has 0 aliphatic carbocycles. The van der Waals surface area contributed by atoms with Gasteiger partial charge in [0.25, 0.3) is 0 Å². The fourth-order valence-corrected chi connectivity index (χ4v) is 3.99. The van der Waals surface area contributed by atoms with E-state index in [1.807, 2.05) is 54.4 Å². The summed E-state index contributed by atoms with van der Waals surface area (Å²) in [6.45, 7) is 7.04. The first-order valence-electron chi connectivity index (χ1n) is 12.3. The number of nitrogens with one attached hydrogen (secondary N) is 1. The van der Waals surface area contributed by atoms with E-state index in [1.165, 1.54) is 19.3 Å². The molecule has 0 amide bonds. The van der Waals surface area contributed by atoms with E-state index in [1.54, 1.807) is 21.3 Å². The molecule has 0 aliphatic rings. The zero-order valence-corrected chi connectivity index (χ0v) is 23.2. The van der Waals surface area contributed by atoms with Crippen LogP contribution >= 0.6 is 12.2 Å². The molecule has 0 saturated heterocycles. The molecule has 0 atom stereocenters. The third-order valence-corrected chi connectivity index (χ3v) is 6.31. The van der Waals surface area contributed by atoms with Crippen molar-refractivity contribution in [1.29, 1.82) is 0 Å². The van der Waals surface area contributed by atoms with Crippen molar-refractivity contribution in [2.45, 2.75) is 32.2 Å². The summed E-state index contributed by atoms with van der Waals surface area (Å²) in [6.07, 6.45) is 6.60. The minimum absolute atomic E-state index is 0.485. The van der Waals surface area contributed by atoms with Crippen molar-refractivity contribution in [2.75, 3.05) is 60.0 Å². The molecule has 8 heteroatoms. The summed E-state index contributed by atoms with van der Waals surface area (Å²) in [6, 6.07) is 11.8. The van der Waals surface area contributed by atoms with Gasteiger partial charge in [0.2, 0.25) is 5.75 Å². The highest BCUT2D eigenvalue weighted by molar-refractivity contribution is 7.80. The molecule has 1 N–H and O–H groups in total. The summed E-state index contributed by atoms with van der Waals surface area (Å²) < 4.78 is 22.3. The number of nitrogens with zero attached hydrogens (tertiary/aromatic N) is 2. The Morgan fingerprint density at radius 3 is 2.25 bits per heavy atom. The Bertz CT molecular complexity index is 953. The Hall–Kier alpha value is -2.97. The number of methoxy groups -OCH3 is 3. The fourth-order valence-electron chi connectivity index (χ4n) is 3.81. The molecule has 2 aromatic rings. The summed E-state index contributed by atoms with van der Waals surface area (Å²) in [5.41, 5.74) is 1.89. The van der Waals surface area contributed by atoms with Crippen LogP contribution in [-0.2, 0) is 6.54 Å². The van der Waals surface area contributed by atoms with Gasteiger partial charge in [0.1, 0.15) is 5.75 Å². The van der Waals surface area contributed by atoms with Crippen molar-refractivity contribution in [3.63, 3.8) is 0 Å². The maximum Gasteiger partial charge on any atom is 0.203 e.